The molecule has 16 heavy (non-hydrogen) atoms. The number of ether oxygens (including phenoxy) is 1. The van der Waals surface area contributed by atoms with Crippen LogP contribution in [0.25, 0.3) is 5.65 Å². The van der Waals surface area contributed by atoms with E-state index in [0.717, 1.165) is 12.1 Å². The summed E-state index contributed by atoms with van der Waals surface area (Å²) in [4.78, 5) is 4.30. The fourth-order valence-electron chi connectivity index (χ4n) is 1.22. The van der Waals surface area contributed by atoms with Crippen LogP contribution in [0.4, 0.5) is 0 Å². The first-order valence-electron chi connectivity index (χ1n) is 5.33. The van der Waals surface area contributed by atoms with Crippen LogP contribution < -0.4 is 10.5 Å². The van der Waals surface area contributed by atoms with Crippen molar-refractivity contribution in [3.63, 3.8) is 0 Å². The second-order valence-electron chi connectivity index (χ2n) is 4.20. The van der Waals surface area contributed by atoms with Crippen LogP contribution in [0, 0.1) is 0 Å². The topological polar surface area (TPSA) is 65.4 Å². The van der Waals surface area contributed by atoms with Crippen LogP contribution in [0.2, 0.25) is 0 Å². The summed E-state index contributed by atoms with van der Waals surface area (Å²) in [5.74, 6) is 0.582. The predicted molar refractivity (Wildman–Crippen MR) is 61.4 cm³/mol. The van der Waals surface area contributed by atoms with Gasteiger partial charge in [0.1, 0.15) is 6.61 Å². The van der Waals surface area contributed by atoms with Crippen molar-refractivity contribution in [1.29, 1.82) is 0 Å². The Morgan fingerprint density at radius 1 is 1.50 bits per heavy atom. The Balaban J connectivity index is 2.09. The van der Waals surface area contributed by atoms with Gasteiger partial charge in [0.25, 0.3) is 0 Å². The third-order valence-electron chi connectivity index (χ3n) is 2.59. The van der Waals surface area contributed by atoms with Crippen LogP contribution in [-0.2, 0) is 0 Å². The first kappa shape index (κ1) is 10.9. The van der Waals surface area contributed by atoms with Gasteiger partial charge >= 0.3 is 0 Å². The molecule has 0 fully saturated rings. The first-order chi connectivity index (χ1) is 7.61. The molecule has 2 rings (SSSR count). The molecule has 2 heterocycles. The number of fused-ring (bicyclic) bond motifs is 1. The van der Waals surface area contributed by atoms with Crippen LogP contribution in [0.1, 0.15) is 20.3 Å². The molecular weight excluding hydrogens is 204 g/mol. The zero-order chi connectivity index (χ0) is 11.6. The van der Waals surface area contributed by atoms with E-state index >= 15 is 0 Å². The Morgan fingerprint density at radius 2 is 2.31 bits per heavy atom. The van der Waals surface area contributed by atoms with Crippen molar-refractivity contribution >= 4 is 5.65 Å². The molecule has 5 nitrogen and oxygen atoms in total. The van der Waals surface area contributed by atoms with Gasteiger partial charge in [0, 0.05) is 23.9 Å². The van der Waals surface area contributed by atoms with Crippen molar-refractivity contribution in [2.24, 2.45) is 5.73 Å². The number of rotatable bonds is 4. The minimum atomic E-state index is -0.311. The molecule has 0 aliphatic carbocycles. The normalized spacial score (nSPS) is 14.9. The third kappa shape index (κ3) is 2.30. The molecule has 0 spiro atoms. The number of nitrogens with zero attached hydrogens (tertiary/aromatic N) is 3. The summed E-state index contributed by atoms with van der Waals surface area (Å²) in [5, 5.41) is 4.06. The van der Waals surface area contributed by atoms with Gasteiger partial charge in [-0.1, -0.05) is 6.92 Å². The van der Waals surface area contributed by atoms with Crippen LogP contribution in [-0.4, -0.2) is 26.7 Å². The minimum absolute atomic E-state index is 0.311. The molecule has 0 aromatic carbocycles. The molecule has 2 N–H and O–H groups in total. The Morgan fingerprint density at radius 3 is 3.06 bits per heavy atom. The highest BCUT2D eigenvalue weighted by atomic mass is 16.5. The van der Waals surface area contributed by atoms with E-state index in [1.807, 2.05) is 26.1 Å². The second kappa shape index (κ2) is 4.09. The maximum atomic E-state index is 5.99. The molecule has 1 atom stereocenters. The Labute approximate surface area is 94.2 Å². The van der Waals surface area contributed by atoms with Crippen molar-refractivity contribution in [3.05, 3.63) is 24.5 Å². The summed E-state index contributed by atoms with van der Waals surface area (Å²) in [5.41, 5.74) is 6.45. The van der Waals surface area contributed by atoms with Gasteiger partial charge in [0.15, 0.2) is 5.65 Å². The Bertz CT molecular complexity index is 478. The van der Waals surface area contributed by atoms with Crippen molar-refractivity contribution in [3.8, 4) is 5.88 Å². The number of nitrogens with two attached hydrogens (primary N) is 1. The highest BCUT2D eigenvalue weighted by Crippen LogP contribution is 2.11. The lowest BCUT2D eigenvalue weighted by Crippen LogP contribution is -2.41. The molecule has 0 saturated heterocycles. The standard InChI is InChI=1S/C11H16N4O/c1-3-11(2,12)8-16-10-5-7-15-9(14-10)4-6-13-15/h4-7H,3,8,12H2,1-2H3. The van der Waals surface area contributed by atoms with E-state index in [4.69, 9.17) is 10.5 Å². The molecule has 2 aromatic rings. The van der Waals surface area contributed by atoms with Crippen molar-refractivity contribution < 1.29 is 4.74 Å². The fraction of sp³-hybridized carbons (Fsp3) is 0.455. The largest absolute Gasteiger partial charge is 0.476 e. The number of hydrogen-bond donors (Lipinski definition) is 1. The van der Waals surface area contributed by atoms with E-state index in [-0.39, 0.29) is 5.54 Å². The van der Waals surface area contributed by atoms with Gasteiger partial charge in [0.05, 0.1) is 6.20 Å². The van der Waals surface area contributed by atoms with Gasteiger partial charge in [-0.25, -0.2) is 4.52 Å². The molecule has 0 radical (unpaired) electrons. The molecular formula is C11H16N4O. The predicted octanol–water partition coefficient (Wildman–Crippen LogP) is 1.24. The molecule has 0 bridgehead atoms. The van der Waals surface area contributed by atoms with Crippen LogP contribution in [0.5, 0.6) is 5.88 Å². The van der Waals surface area contributed by atoms with E-state index in [2.05, 4.69) is 10.1 Å². The highest BCUT2D eigenvalue weighted by molar-refractivity contribution is 5.37. The van der Waals surface area contributed by atoms with Gasteiger partial charge in [-0.3, -0.25) is 0 Å². The van der Waals surface area contributed by atoms with E-state index in [1.54, 1.807) is 16.8 Å². The molecule has 0 aliphatic heterocycles. The quantitative estimate of drug-likeness (QED) is 0.841. The lowest BCUT2D eigenvalue weighted by molar-refractivity contribution is 0.219. The van der Waals surface area contributed by atoms with E-state index in [0.29, 0.717) is 12.5 Å². The summed E-state index contributed by atoms with van der Waals surface area (Å²) in [6, 6.07) is 3.61. The lowest BCUT2D eigenvalue weighted by atomic mass is 10.0. The van der Waals surface area contributed by atoms with Crippen LogP contribution in [0.15, 0.2) is 24.5 Å². The summed E-state index contributed by atoms with van der Waals surface area (Å²) in [6.07, 6.45) is 4.38. The zero-order valence-electron chi connectivity index (χ0n) is 9.55. The highest BCUT2D eigenvalue weighted by Gasteiger charge is 2.16. The summed E-state index contributed by atoms with van der Waals surface area (Å²) < 4.78 is 7.25. The van der Waals surface area contributed by atoms with E-state index in [1.165, 1.54) is 0 Å². The molecule has 0 aliphatic rings. The molecule has 1 unspecified atom stereocenters. The maximum absolute atomic E-state index is 5.99. The smallest absolute Gasteiger partial charge is 0.216 e. The van der Waals surface area contributed by atoms with E-state index in [9.17, 15) is 0 Å². The van der Waals surface area contributed by atoms with Crippen molar-refractivity contribution in [1.82, 2.24) is 14.6 Å². The second-order valence-corrected chi connectivity index (χ2v) is 4.20. The average molecular weight is 220 g/mol. The SMILES string of the molecule is CCC(C)(N)COc1ccn2nccc2n1. The fourth-order valence-corrected chi connectivity index (χ4v) is 1.22. The summed E-state index contributed by atoms with van der Waals surface area (Å²) >= 11 is 0. The average Bonchev–Trinajstić information content (AvgIpc) is 2.73. The monoisotopic (exact) mass is 220 g/mol. The molecule has 0 saturated carbocycles. The number of aromatic nitrogens is 3. The Kier molecular flexibility index (Phi) is 2.78. The Hall–Kier alpha value is -1.62. The van der Waals surface area contributed by atoms with Gasteiger partial charge in [-0.05, 0) is 13.3 Å². The molecule has 0 amide bonds. The van der Waals surface area contributed by atoms with Gasteiger partial charge in [-0.15, -0.1) is 0 Å². The van der Waals surface area contributed by atoms with Crippen molar-refractivity contribution in [2.45, 2.75) is 25.8 Å². The van der Waals surface area contributed by atoms with Gasteiger partial charge in [-0.2, -0.15) is 10.1 Å². The van der Waals surface area contributed by atoms with Crippen LogP contribution in [0.3, 0.4) is 0 Å². The van der Waals surface area contributed by atoms with Crippen LogP contribution >= 0.6 is 0 Å². The summed E-state index contributed by atoms with van der Waals surface area (Å²) in [7, 11) is 0. The third-order valence-corrected chi connectivity index (χ3v) is 2.59. The van der Waals surface area contributed by atoms with Gasteiger partial charge in [0.2, 0.25) is 5.88 Å². The number of hydrogen-bond acceptors (Lipinski definition) is 4. The lowest BCUT2D eigenvalue weighted by Gasteiger charge is -2.22. The van der Waals surface area contributed by atoms with Crippen molar-refractivity contribution in [2.75, 3.05) is 6.61 Å². The molecule has 86 valence electrons. The summed E-state index contributed by atoms with van der Waals surface area (Å²) in [6.45, 7) is 4.46. The first-order valence-corrected chi connectivity index (χ1v) is 5.33. The molecule has 2 aromatic heterocycles. The maximum Gasteiger partial charge on any atom is 0.216 e. The molecule has 5 heteroatoms. The zero-order valence-corrected chi connectivity index (χ0v) is 9.55. The van der Waals surface area contributed by atoms with E-state index < -0.39 is 0 Å². The van der Waals surface area contributed by atoms with Gasteiger partial charge < -0.3 is 10.5 Å². The minimum Gasteiger partial charge on any atom is -0.476 e.